The molecule has 1 heterocycles. The predicted octanol–water partition coefficient (Wildman–Crippen LogP) is 3.98. The van der Waals surface area contributed by atoms with Gasteiger partial charge in [0.2, 0.25) is 6.41 Å². The van der Waals surface area contributed by atoms with Gasteiger partial charge in [-0.2, -0.15) is 0 Å². The van der Waals surface area contributed by atoms with Crippen molar-refractivity contribution in [2.75, 3.05) is 23.9 Å². The lowest BCUT2D eigenvalue weighted by molar-refractivity contribution is -0.385. The van der Waals surface area contributed by atoms with E-state index in [2.05, 4.69) is 5.32 Å². The minimum Gasteiger partial charge on any atom is -0.493 e. The first-order valence-corrected chi connectivity index (χ1v) is 11.2. The maximum absolute atomic E-state index is 11.7. The van der Waals surface area contributed by atoms with Gasteiger partial charge < -0.3 is 24.8 Å². The summed E-state index contributed by atoms with van der Waals surface area (Å²) in [4.78, 5) is 24.2. The summed E-state index contributed by atoms with van der Waals surface area (Å²) in [5.74, 6) is 1.00. The quantitative estimate of drug-likeness (QED) is 0.258. The summed E-state index contributed by atoms with van der Waals surface area (Å²) in [5, 5.41) is 24.1. The number of nitrogens with one attached hydrogen (secondary N) is 1. The van der Waals surface area contributed by atoms with Gasteiger partial charge in [0.25, 0.3) is 5.69 Å². The molecule has 0 radical (unpaired) electrons. The van der Waals surface area contributed by atoms with Gasteiger partial charge in [-0.1, -0.05) is 18.2 Å². The van der Waals surface area contributed by atoms with E-state index in [0.717, 1.165) is 35.3 Å². The number of aliphatic hydroxyl groups is 1. The molecule has 4 rings (SSSR count). The van der Waals surface area contributed by atoms with Gasteiger partial charge in [-0.3, -0.25) is 14.9 Å². The van der Waals surface area contributed by atoms with E-state index in [1.165, 1.54) is 12.1 Å². The van der Waals surface area contributed by atoms with Crippen molar-refractivity contribution in [3.05, 3.63) is 87.0 Å². The fourth-order valence-corrected chi connectivity index (χ4v) is 4.33. The fourth-order valence-electron chi connectivity index (χ4n) is 4.33. The van der Waals surface area contributed by atoms with Crippen LogP contribution in [0.2, 0.25) is 0 Å². The molecule has 1 aliphatic rings. The van der Waals surface area contributed by atoms with E-state index in [4.69, 9.17) is 9.47 Å². The Labute approximate surface area is 203 Å². The number of aliphatic hydroxyl groups excluding tert-OH is 1. The number of hydrogen-bond acceptors (Lipinski definition) is 7. The van der Waals surface area contributed by atoms with Crippen molar-refractivity contribution < 1.29 is 24.3 Å². The van der Waals surface area contributed by atoms with E-state index < -0.39 is 4.92 Å². The monoisotopic (exact) mass is 477 g/mol. The summed E-state index contributed by atoms with van der Waals surface area (Å²) in [7, 11) is 1.55. The average Bonchev–Trinajstić information content (AvgIpc) is 3.24. The number of nitro benzene ring substituents is 1. The van der Waals surface area contributed by atoms with Crippen LogP contribution in [0.3, 0.4) is 0 Å². The number of para-hydroxylation sites is 1. The highest BCUT2D eigenvalue weighted by atomic mass is 16.6. The van der Waals surface area contributed by atoms with Crippen LogP contribution in [0.4, 0.5) is 17.1 Å². The summed E-state index contributed by atoms with van der Waals surface area (Å²) >= 11 is 0. The molecule has 1 unspecified atom stereocenters. The van der Waals surface area contributed by atoms with Gasteiger partial charge in [0.05, 0.1) is 24.7 Å². The number of fused-ring (bicyclic) bond motifs is 1. The number of carbonyl (C=O) groups excluding carboxylic acids is 1. The van der Waals surface area contributed by atoms with E-state index in [1.54, 1.807) is 18.1 Å². The van der Waals surface area contributed by atoms with Crippen LogP contribution in [0, 0.1) is 17.0 Å². The number of rotatable bonds is 10. The maximum atomic E-state index is 11.7. The van der Waals surface area contributed by atoms with E-state index >= 15 is 0 Å². The SMILES string of the molecule is COc1cc(C)c(NCC2Cc3ccccc3N2C=O)cc1OCc1cc(CO)cc([N+](=O)[O-])c1. The molecule has 1 atom stereocenters. The zero-order chi connectivity index (χ0) is 24.9. The Bertz CT molecular complexity index is 1250. The molecule has 0 saturated carbocycles. The molecule has 0 fully saturated rings. The van der Waals surface area contributed by atoms with E-state index in [0.29, 0.717) is 29.2 Å². The standard InChI is InChI=1S/C26H27N3O6/c1-17-7-25(34-2)26(35-15-19-8-18(14-30)9-21(10-19)29(32)33)12-23(17)27-13-22-11-20-5-3-4-6-24(20)28(22)16-31/h3-10,12,16,22,27,30H,11,13-15H2,1-2H3. The lowest BCUT2D eigenvalue weighted by Crippen LogP contribution is -2.36. The number of non-ortho nitro benzene ring substituents is 1. The van der Waals surface area contributed by atoms with Crippen molar-refractivity contribution in [2.24, 2.45) is 0 Å². The van der Waals surface area contributed by atoms with Crippen molar-refractivity contribution in [3.8, 4) is 11.5 Å². The van der Waals surface area contributed by atoms with Crippen LogP contribution in [0.5, 0.6) is 11.5 Å². The van der Waals surface area contributed by atoms with E-state index in [-0.39, 0.29) is 24.9 Å². The van der Waals surface area contributed by atoms with Gasteiger partial charge in [-0.15, -0.1) is 0 Å². The Morgan fingerprint density at radius 1 is 1.17 bits per heavy atom. The Balaban J connectivity index is 1.50. The Morgan fingerprint density at radius 2 is 1.94 bits per heavy atom. The highest BCUT2D eigenvalue weighted by molar-refractivity contribution is 5.81. The number of anilines is 2. The van der Waals surface area contributed by atoms with Crippen LogP contribution in [0.15, 0.2) is 54.6 Å². The summed E-state index contributed by atoms with van der Waals surface area (Å²) in [6.45, 7) is 2.25. The third-order valence-electron chi connectivity index (χ3n) is 6.10. The molecule has 0 spiro atoms. The number of amides is 1. The molecule has 9 heteroatoms. The summed E-state index contributed by atoms with van der Waals surface area (Å²) < 4.78 is 11.4. The Hall–Kier alpha value is -4.11. The normalized spacial score (nSPS) is 14.4. The third kappa shape index (κ3) is 5.20. The van der Waals surface area contributed by atoms with Crippen LogP contribution in [-0.4, -0.2) is 36.1 Å². The second-order valence-electron chi connectivity index (χ2n) is 8.41. The number of nitro groups is 1. The van der Waals surface area contributed by atoms with Gasteiger partial charge in [-0.25, -0.2) is 0 Å². The molecule has 35 heavy (non-hydrogen) atoms. The molecular formula is C26H27N3O6. The van der Waals surface area contributed by atoms with Gasteiger partial charge in [-0.05, 0) is 53.8 Å². The number of methoxy groups -OCH3 is 1. The van der Waals surface area contributed by atoms with E-state index in [9.17, 15) is 20.0 Å². The zero-order valence-electron chi connectivity index (χ0n) is 19.6. The first kappa shape index (κ1) is 24.0. The van der Waals surface area contributed by atoms with Crippen molar-refractivity contribution in [1.29, 1.82) is 0 Å². The molecule has 0 bridgehead atoms. The molecule has 182 valence electrons. The van der Waals surface area contributed by atoms with Crippen LogP contribution >= 0.6 is 0 Å². The largest absolute Gasteiger partial charge is 0.493 e. The second kappa shape index (κ2) is 10.4. The molecule has 1 aliphatic heterocycles. The molecule has 0 aromatic heterocycles. The summed E-state index contributed by atoms with van der Waals surface area (Å²) in [6, 6.07) is 16.0. The average molecular weight is 478 g/mol. The molecule has 0 aliphatic carbocycles. The first-order valence-electron chi connectivity index (χ1n) is 11.2. The zero-order valence-corrected chi connectivity index (χ0v) is 19.6. The topological polar surface area (TPSA) is 114 Å². The molecule has 3 aromatic rings. The van der Waals surface area contributed by atoms with Gasteiger partial charge in [0, 0.05) is 36.1 Å². The number of carbonyl (C=O) groups is 1. The molecule has 3 aromatic carbocycles. The van der Waals surface area contributed by atoms with Crippen LogP contribution in [0.25, 0.3) is 0 Å². The third-order valence-corrected chi connectivity index (χ3v) is 6.10. The highest BCUT2D eigenvalue weighted by Gasteiger charge is 2.28. The van der Waals surface area contributed by atoms with Crippen LogP contribution in [0.1, 0.15) is 22.3 Å². The molecule has 1 amide bonds. The Morgan fingerprint density at radius 3 is 2.66 bits per heavy atom. The minimum atomic E-state index is -0.499. The number of nitrogens with zero attached hydrogens (tertiary/aromatic N) is 2. The lowest BCUT2D eigenvalue weighted by atomic mass is 10.1. The number of benzene rings is 3. The molecule has 2 N–H and O–H groups in total. The van der Waals surface area contributed by atoms with Crippen LogP contribution < -0.4 is 19.7 Å². The smallest absolute Gasteiger partial charge is 0.270 e. The fraction of sp³-hybridized carbons (Fsp3) is 0.269. The number of aryl methyl sites for hydroxylation is 1. The number of hydrogen-bond donors (Lipinski definition) is 2. The molecule has 9 nitrogen and oxygen atoms in total. The predicted molar refractivity (Wildman–Crippen MR) is 132 cm³/mol. The van der Waals surface area contributed by atoms with Gasteiger partial charge >= 0.3 is 0 Å². The minimum absolute atomic E-state index is 0.0162. The highest BCUT2D eigenvalue weighted by Crippen LogP contribution is 2.35. The second-order valence-corrected chi connectivity index (χ2v) is 8.41. The van der Waals surface area contributed by atoms with Crippen molar-refractivity contribution in [1.82, 2.24) is 0 Å². The first-order chi connectivity index (χ1) is 16.9. The summed E-state index contributed by atoms with van der Waals surface area (Å²) in [5.41, 5.74) is 4.74. The van der Waals surface area contributed by atoms with Gasteiger partial charge in [0.1, 0.15) is 6.61 Å². The maximum Gasteiger partial charge on any atom is 0.270 e. The van der Waals surface area contributed by atoms with E-state index in [1.807, 2.05) is 43.3 Å². The molecule has 0 saturated heterocycles. The van der Waals surface area contributed by atoms with Crippen molar-refractivity contribution in [3.63, 3.8) is 0 Å². The molecular weight excluding hydrogens is 450 g/mol. The van der Waals surface area contributed by atoms with Crippen molar-refractivity contribution >= 4 is 23.5 Å². The number of ether oxygens (including phenoxy) is 2. The Kier molecular flexibility index (Phi) is 7.17. The van der Waals surface area contributed by atoms with Gasteiger partial charge in [0.15, 0.2) is 11.5 Å². The lowest BCUT2D eigenvalue weighted by Gasteiger charge is -2.23. The van der Waals surface area contributed by atoms with Crippen molar-refractivity contribution in [2.45, 2.75) is 32.6 Å². The van der Waals surface area contributed by atoms with Crippen LogP contribution in [-0.2, 0) is 24.4 Å². The summed E-state index contributed by atoms with van der Waals surface area (Å²) in [6.07, 6.45) is 1.63.